The maximum atomic E-state index is 11.5. The summed E-state index contributed by atoms with van der Waals surface area (Å²) in [5.74, 6) is 0.745. The van der Waals surface area contributed by atoms with Gasteiger partial charge in [-0.3, -0.25) is 9.69 Å². The minimum absolute atomic E-state index is 0.00919. The average Bonchev–Trinajstić information content (AvgIpc) is 2.73. The summed E-state index contributed by atoms with van der Waals surface area (Å²) in [4.78, 5) is 18.7. The van der Waals surface area contributed by atoms with Gasteiger partial charge < -0.3 is 16.4 Å². The Kier molecular flexibility index (Phi) is 8.35. The summed E-state index contributed by atoms with van der Waals surface area (Å²) in [6.07, 6.45) is 8.41. The van der Waals surface area contributed by atoms with Crippen molar-refractivity contribution < 1.29 is 4.79 Å². The summed E-state index contributed by atoms with van der Waals surface area (Å²) >= 11 is 0. The Bertz CT molecular complexity index is 684. The number of piperidine rings is 1. The molecule has 0 radical (unpaired) electrons. The molecule has 3 rings (SSSR count). The molecule has 1 aliphatic heterocycles. The molecule has 1 amide bonds. The third-order valence-corrected chi connectivity index (χ3v) is 6.02. The van der Waals surface area contributed by atoms with Crippen LogP contribution in [-0.4, -0.2) is 42.4 Å². The van der Waals surface area contributed by atoms with Crippen molar-refractivity contribution in [2.75, 3.05) is 19.6 Å². The van der Waals surface area contributed by atoms with Crippen LogP contribution in [0.5, 0.6) is 0 Å². The van der Waals surface area contributed by atoms with Crippen LogP contribution in [0.2, 0.25) is 0 Å². The second kappa shape index (κ2) is 11.2. The van der Waals surface area contributed by atoms with Gasteiger partial charge in [0.1, 0.15) is 0 Å². The molecule has 1 atom stereocenters. The van der Waals surface area contributed by atoms with Crippen molar-refractivity contribution in [2.24, 2.45) is 16.6 Å². The number of benzene rings is 1. The van der Waals surface area contributed by atoms with Gasteiger partial charge in [0.2, 0.25) is 5.91 Å². The van der Waals surface area contributed by atoms with E-state index in [0.717, 1.165) is 45.0 Å². The number of nitrogens with zero attached hydrogens (tertiary/aromatic N) is 2. The maximum Gasteiger partial charge on any atom is 0.221 e. The van der Waals surface area contributed by atoms with Crippen molar-refractivity contribution in [3.05, 3.63) is 35.4 Å². The van der Waals surface area contributed by atoms with Crippen LogP contribution in [0.15, 0.2) is 29.3 Å². The van der Waals surface area contributed by atoms with Crippen LogP contribution in [0, 0.1) is 5.92 Å². The molecule has 0 aromatic heterocycles. The van der Waals surface area contributed by atoms with E-state index in [-0.39, 0.29) is 11.8 Å². The Balaban J connectivity index is 1.57. The molecule has 6 nitrogen and oxygen atoms in total. The minimum Gasteiger partial charge on any atom is -0.369 e. The fourth-order valence-electron chi connectivity index (χ4n) is 4.45. The van der Waals surface area contributed by atoms with Crippen molar-refractivity contribution in [1.82, 2.24) is 15.5 Å². The molecule has 4 N–H and O–H groups in total. The van der Waals surface area contributed by atoms with Gasteiger partial charge in [0.05, 0.1) is 12.5 Å². The molecule has 1 saturated heterocycles. The quantitative estimate of drug-likeness (QED) is 0.486. The number of rotatable bonds is 7. The van der Waals surface area contributed by atoms with E-state index in [4.69, 9.17) is 10.7 Å². The van der Waals surface area contributed by atoms with Crippen LogP contribution in [0.1, 0.15) is 63.0 Å². The Morgan fingerprint density at radius 1 is 1.17 bits per heavy atom. The Morgan fingerprint density at radius 3 is 2.72 bits per heavy atom. The predicted octanol–water partition coefficient (Wildman–Crippen LogP) is 2.77. The van der Waals surface area contributed by atoms with Crippen molar-refractivity contribution in [2.45, 2.75) is 71.0 Å². The van der Waals surface area contributed by atoms with Gasteiger partial charge in [-0.1, -0.05) is 43.5 Å². The van der Waals surface area contributed by atoms with E-state index in [9.17, 15) is 4.79 Å². The first-order chi connectivity index (χ1) is 14.1. The first kappa shape index (κ1) is 21.6. The minimum atomic E-state index is -0.167. The predicted molar refractivity (Wildman–Crippen MR) is 118 cm³/mol. The topological polar surface area (TPSA) is 82.8 Å². The Morgan fingerprint density at radius 2 is 1.97 bits per heavy atom. The van der Waals surface area contributed by atoms with E-state index in [1.54, 1.807) is 0 Å². The molecule has 160 valence electrons. The summed E-state index contributed by atoms with van der Waals surface area (Å²) in [6, 6.07) is 9.19. The van der Waals surface area contributed by atoms with Gasteiger partial charge in [0.15, 0.2) is 5.96 Å². The van der Waals surface area contributed by atoms with Crippen LogP contribution in [0.3, 0.4) is 0 Å². The highest BCUT2D eigenvalue weighted by molar-refractivity contribution is 5.80. The van der Waals surface area contributed by atoms with Gasteiger partial charge in [0.25, 0.3) is 0 Å². The van der Waals surface area contributed by atoms with Gasteiger partial charge in [0, 0.05) is 25.7 Å². The van der Waals surface area contributed by atoms with Gasteiger partial charge in [-0.2, -0.15) is 0 Å². The number of guanidine groups is 1. The number of hydrogen-bond donors (Lipinski definition) is 3. The highest BCUT2D eigenvalue weighted by Crippen LogP contribution is 2.19. The zero-order valence-corrected chi connectivity index (χ0v) is 17.8. The molecule has 1 aliphatic carbocycles. The standard InChI is InChI=1S/C23H37N5O/c1-2-25-23(27-21-11-4-3-5-12-21)26-15-18-8-6-9-19(14-18)16-28-13-7-10-20(17-28)22(24)29/h6,8-9,14,20-21H,2-5,7,10-13,15-17H2,1H3,(H2,24,29)(H2,25,26,27). The Labute approximate surface area is 175 Å². The lowest BCUT2D eigenvalue weighted by Gasteiger charge is -2.31. The molecule has 1 heterocycles. The van der Waals surface area contributed by atoms with Gasteiger partial charge >= 0.3 is 0 Å². The molecule has 2 aliphatic rings. The first-order valence-corrected chi connectivity index (χ1v) is 11.3. The number of carbonyl (C=O) groups excluding carboxylic acids is 1. The average molecular weight is 400 g/mol. The third kappa shape index (κ3) is 7.03. The first-order valence-electron chi connectivity index (χ1n) is 11.3. The number of nitrogens with one attached hydrogen (secondary N) is 2. The normalized spacial score (nSPS) is 21.7. The molecule has 1 aromatic carbocycles. The summed E-state index contributed by atoms with van der Waals surface area (Å²) < 4.78 is 0. The molecule has 1 aromatic rings. The third-order valence-electron chi connectivity index (χ3n) is 6.02. The largest absolute Gasteiger partial charge is 0.369 e. The van der Waals surface area contributed by atoms with Crippen molar-refractivity contribution in [3.63, 3.8) is 0 Å². The lowest BCUT2D eigenvalue weighted by atomic mass is 9.96. The number of aliphatic imine (C=N–C) groups is 1. The van der Waals surface area contributed by atoms with Crippen molar-refractivity contribution in [1.29, 1.82) is 0 Å². The van der Waals surface area contributed by atoms with E-state index in [1.807, 2.05) is 0 Å². The van der Waals surface area contributed by atoms with Crippen LogP contribution in [0.4, 0.5) is 0 Å². The van der Waals surface area contributed by atoms with E-state index < -0.39 is 0 Å². The number of carbonyl (C=O) groups is 1. The molecule has 29 heavy (non-hydrogen) atoms. The fourth-order valence-corrected chi connectivity index (χ4v) is 4.45. The molecular weight excluding hydrogens is 362 g/mol. The number of amides is 1. The van der Waals surface area contributed by atoms with Crippen LogP contribution >= 0.6 is 0 Å². The smallest absolute Gasteiger partial charge is 0.221 e. The van der Waals surface area contributed by atoms with Crippen LogP contribution in [0.25, 0.3) is 0 Å². The van der Waals surface area contributed by atoms with Crippen LogP contribution < -0.4 is 16.4 Å². The summed E-state index contributed by atoms with van der Waals surface area (Å²) in [6.45, 7) is 6.31. The lowest BCUT2D eigenvalue weighted by Crippen LogP contribution is -2.44. The zero-order chi connectivity index (χ0) is 20.5. The summed E-state index contributed by atoms with van der Waals surface area (Å²) in [5, 5.41) is 6.99. The number of hydrogen-bond acceptors (Lipinski definition) is 3. The highest BCUT2D eigenvalue weighted by Gasteiger charge is 2.23. The molecule has 1 unspecified atom stereocenters. The van der Waals surface area contributed by atoms with E-state index >= 15 is 0 Å². The second-order valence-corrected chi connectivity index (χ2v) is 8.47. The summed E-state index contributed by atoms with van der Waals surface area (Å²) in [5.41, 5.74) is 8.00. The summed E-state index contributed by atoms with van der Waals surface area (Å²) in [7, 11) is 0. The van der Waals surface area contributed by atoms with Gasteiger partial charge in [-0.15, -0.1) is 0 Å². The Hall–Kier alpha value is -2.08. The van der Waals surface area contributed by atoms with E-state index in [2.05, 4.69) is 46.7 Å². The van der Waals surface area contributed by atoms with Crippen LogP contribution in [-0.2, 0) is 17.9 Å². The van der Waals surface area contributed by atoms with Gasteiger partial charge in [-0.05, 0) is 50.3 Å². The molecule has 0 spiro atoms. The second-order valence-electron chi connectivity index (χ2n) is 8.47. The lowest BCUT2D eigenvalue weighted by molar-refractivity contribution is -0.123. The fraction of sp³-hybridized carbons (Fsp3) is 0.652. The number of likely N-dealkylation sites (tertiary alicyclic amines) is 1. The molecule has 6 heteroatoms. The number of nitrogens with two attached hydrogens (primary N) is 1. The van der Waals surface area contributed by atoms with Crippen molar-refractivity contribution in [3.8, 4) is 0 Å². The van der Waals surface area contributed by atoms with Crippen molar-refractivity contribution >= 4 is 11.9 Å². The molecule has 1 saturated carbocycles. The monoisotopic (exact) mass is 399 g/mol. The molecular formula is C23H37N5O. The molecule has 2 fully saturated rings. The maximum absolute atomic E-state index is 11.5. The van der Waals surface area contributed by atoms with Gasteiger partial charge in [-0.25, -0.2) is 4.99 Å². The zero-order valence-electron chi connectivity index (χ0n) is 17.8. The SMILES string of the molecule is CCNC(=NCc1cccc(CN2CCCC(C(N)=O)C2)c1)NC1CCCCC1. The van der Waals surface area contributed by atoms with E-state index in [0.29, 0.717) is 12.6 Å². The highest BCUT2D eigenvalue weighted by atomic mass is 16.1. The van der Waals surface area contributed by atoms with E-state index in [1.165, 1.54) is 43.2 Å². The molecule has 0 bridgehead atoms. The number of primary amides is 1.